The summed E-state index contributed by atoms with van der Waals surface area (Å²) < 4.78 is 7.01. The summed E-state index contributed by atoms with van der Waals surface area (Å²) in [5.41, 5.74) is 2.24. The number of ether oxygens (including phenoxy) is 1. The standard InChI is InChI=1S/C18H20N6O6/c1-9-4-10(2-3-11(9)24(28)29)5-19-16-13-17(21-7-20-16)23(8-22-13)18-15(27)14(26)12(6-25)30-18/h2-4,7-8,12,14-15,18,25-27H,5-6H2,1H3,(H,19,20,21)/t12-,14-,15-,18-/m1/s1. The molecule has 30 heavy (non-hydrogen) atoms. The number of nitro groups is 1. The Kier molecular flexibility index (Phi) is 5.30. The molecule has 0 bridgehead atoms. The first-order valence-electron chi connectivity index (χ1n) is 9.18. The minimum absolute atomic E-state index is 0.0559. The van der Waals surface area contributed by atoms with E-state index < -0.39 is 36.1 Å². The van der Waals surface area contributed by atoms with E-state index >= 15 is 0 Å². The van der Waals surface area contributed by atoms with Crippen LogP contribution in [0.25, 0.3) is 11.2 Å². The highest BCUT2D eigenvalue weighted by atomic mass is 16.6. The minimum Gasteiger partial charge on any atom is -0.394 e. The normalized spacial score (nSPS) is 23.7. The van der Waals surface area contributed by atoms with Crippen LogP contribution in [0.2, 0.25) is 0 Å². The van der Waals surface area contributed by atoms with Gasteiger partial charge in [-0.25, -0.2) is 15.0 Å². The monoisotopic (exact) mass is 416 g/mol. The topological polar surface area (TPSA) is 169 Å². The van der Waals surface area contributed by atoms with E-state index in [1.165, 1.54) is 23.3 Å². The van der Waals surface area contributed by atoms with E-state index in [0.717, 1.165) is 5.56 Å². The number of nitrogens with one attached hydrogen (secondary N) is 1. The molecule has 4 atom stereocenters. The maximum atomic E-state index is 11.0. The molecule has 12 heteroatoms. The molecule has 4 rings (SSSR count). The molecular formula is C18H20N6O6. The lowest BCUT2D eigenvalue weighted by atomic mass is 10.1. The SMILES string of the molecule is Cc1cc(CNc2ncnc3c2ncn3[C@@H]2O[C@H](CO)[C@@H](O)[C@H]2O)ccc1[N+](=O)[O-]. The minimum atomic E-state index is -1.26. The lowest BCUT2D eigenvalue weighted by Crippen LogP contribution is -2.33. The summed E-state index contributed by atoms with van der Waals surface area (Å²) in [6, 6.07) is 4.84. The van der Waals surface area contributed by atoms with Gasteiger partial charge in [0.2, 0.25) is 0 Å². The number of aliphatic hydroxyl groups is 3. The van der Waals surface area contributed by atoms with Gasteiger partial charge < -0.3 is 25.4 Å². The van der Waals surface area contributed by atoms with Crippen molar-refractivity contribution in [2.75, 3.05) is 11.9 Å². The number of hydrogen-bond donors (Lipinski definition) is 4. The Morgan fingerprint density at radius 2 is 2.07 bits per heavy atom. The number of anilines is 1. The van der Waals surface area contributed by atoms with Gasteiger partial charge in [0.05, 0.1) is 17.9 Å². The maximum absolute atomic E-state index is 11.0. The van der Waals surface area contributed by atoms with Crippen molar-refractivity contribution in [1.82, 2.24) is 19.5 Å². The number of aromatic nitrogens is 4. The third-order valence-corrected chi connectivity index (χ3v) is 5.07. The van der Waals surface area contributed by atoms with Crippen molar-refractivity contribution in [3.05, 3.63) is 52.1 Å². The maximum Gasteiger partial charge on any atom is 0.272 e. The average molecular weight is 416 g/mol. The number of aliphatic hydroxyl groups excluding tert-OH is 3. The molecule has 4 N–H and O–H groups in total. The molecule has 0 saturated carbocycles. The van der Waals surface area contributed by atoms with Gasteiger partial charge in [0.25, 0.3) is 5.69 Å². The van der Waals surface area contributed by atoms with Gasteiger partial charge in [0.1, 0.15) is 24.6 Å². The molecule has 3 heterocycles. The van der Waals surface area contributed by atoms with Gasteiger partial charge in [-0.1, -0.05) is 6.07 Å². The molecule has 2 aromatic heterocycles. The van der Waals surface area contributed by atoms with Crippen LogP contribution in [-0.2, 0) is 11.3 Å². The van der Waals surface area contributed by atoms with Gasteiger partial charge in [-0.05, 0) is 18.6 Å². The van der Waals surface area contributed by atoms with E-state index in [1.807, 2.05) is 0 Å². The summed E-state index contributed by atoms with van der Waals surface area (Å²) in [6.07, 6.45) is -1.61. The third-order valence-electron chi connectivity index (χ3n) is 5.07. The molecule has 1 saturated heterocycles. The van der Waals surface area contributed by atoms with E-state index in [1.54, 1.807) is 19.1 Å². The van der Waals surface area contributed by atoms with E-state index in [-0.39, 0.29) is 5.69 Å². The van der Waals surface area contributed by atoms with E-state index in [0.29, 0.717) is 29.1 Å². The molecule has 0 amide bonds. The van der Waals surface area contributed by atoms with Crippen LogP contribution in [0.4, 0.5) is 11.5 Å². The van der Waals surface area contributed by atoms with Crippen molar-refractivity contribution in [1.29, 1.82) is 0 Å². The van der Waals surface area contributed by atoms with Crippen LogP contribution < -0.4 is 5.32 Å². The van der Waals surface area contributed by atoms with Crippen molar-refractivity contribution in [3.8, 4) is 0 Å². The lowest BCUT2D eigenvalue weighted by molar-refractivity contribution is -0.385. The highest BCUT2D eigenvalue weighted by Gasteiger charge is 2.44. The zero-order valence-electron chi connectivity index (χ0n) is 15.9. The van der Waals surface area contributed by atoms with E-state index in [4.69, 9.17) is 4.74 Å². The fourth-order valence-corrected chi connectivity index (χ4v) is 3.50. The second-order valence-electron chi connectivity index (χ2n) is 7.01. The quantitative estimate of drug-likeness (QED) is 0.323. The summed E-state index contributed by atoms with van der Waals surface area (Å²) in [5, 5.41) is 43.6. The molecule has 3 aromatic rings. The van der Waals surface area contributed by atoms with Gasteiger partial charge in [-0.15, -0.1) is 0 Å². The van der Waals surface area contributed by atoms with Crippen molar-refractivity contribution in [3.63, 3.8) is 0 Å². The molecule has 1 aliphatic heterocycles. The van der Waals surface area contributed by atoms with Gasteiger partial charge >= 0.3 is 0 Å². The third kappa shape index (κ3) is 3.45. The second kappa shape index (κ2) is 7.91. The zero-order chi connectivity index (χ0) is 21.4. The zero-order valence-corrected chi connectivity index (χ0v) is 15.9. The molecule has 1 fully saturated rings. The fraction of sp³-hybridized carbons (Fsp3) is 0.389. The second-order valence-corrected chi connectivity index (χ2v) is 7.01. The molecular weight excluding hydrogens is 396 g/mol. The summed E-state index contributed by atoms with van der Waals surface area (Å²) in [5.74, 6) is 0.432. The van der Waals surface area contributed by atoms with Gasteiger partial charge in [-0.2, -0.15) is 0 Å². The van der Waals surface area contributed by atoms with E-state index in [2.05, 4.69) is 20.3 Å². The summed E-state index contributed by atoms with van der Waals surface area (Å²) >= 11 is 0. The van der Waals surface area contributed by atoms with Crippen molar-refractivity contribution < 1.29 is 25.0 Å². The highest BCUT2D eigenvalue weighted by molar-refractivity contribution is 5.82. The molecule has 1 aromatic carbocycles. The summed E-state index contributed by atoms with van der Waals surface area (Å²) in [4.78, 5) is 23.2. The number of nitro benzene ring substituents is 1. The Bertz CT molecular complexity index is 1090. The van der Waals surface area contributed by atoms with Crippen LogP contribution in [0, 0.1) is 17.0 Å². The molecule has 0 aliphatic carbocycles. The molecule has 1 aliphatic rings. The number of benzene rings is 1. The van der Waals surface area contributed by atoms with Crippen LogP contribution >= 0.6 is 0 Å². The number of aryl methyl sites for hydroxylation is 1. The number of rotatable bonds is 6. The Morgan fingerprint density at radius 3 is 2.73 bits per heavy atom. The first-order valence-corrected chi connectivity index (χ1v) is 9.18. The Morgan fingerprint density at radius 1 is 1.27 bits per heavy atom. The van der Waals surface area contributed by atoms with Crippen LogP contribution in [0.15, 0.2) is 30.9 Å². The van der Waals surface area contributed by atoms with Crippen molar-refractivity contribution >= 4 is 22.7 Å². The van der Waals surface area contributed by atoms with Crippen LogP contribution in [0.5, 0.6) is 0 Å². The largest absolute Gasteiger partial charge is 0.394 e. The van der Waals surface area contributed by atoms with Crippen molar-refractivity contribution in [2.24, 2.45) is 0 Å². The van der Waals surface area contributed by atoms with Gasteiger partial charge in [-0.3, -0.25) is 14.7 Å². The summed E-state index contributed by atoms with van der Waals surface area (Å²) in [7, 11) is 0. The molecule has 12 nitrogen and oxygen atoms in total. The number of imidazole rings is 1. The number of nitrogens with zero attached hydrogens (tertiary/aromatic N) is 5. The highest BCUT2D eigenvalue weighted by Crippen LogP contribution is 2.32. The summed E-state index contributed by atoms with van der Waals surface area (Å²) in [6.45, 7) is 1.59. The van der Waals surface area contributed by atoms with E-state index in [9.17, 15) is 25.4 Å². The van der Waals surface area contributed by atoms with Gasteiger partial charge in [0, 0.05) is 18.2 Å². The predicted octanol–water partition coefficient (Wildman–Crippen LogP) is 0.267. The van der Waals surface area contributed by atoms with Gasteiger partial charge in [0.15, 0.2) is 23.2 Å². The van der Waals surface area contributed by atoms with Crippen LogP contribution in [0.1, 0.15) is 17.4 Å². The first-order chi connectivity index (χ1) is 14.4. The average Bonchev–Trinajstić information content (AvgIpc) is 3.27. The van der Waals surface area contributed by atoms with Crippen molar-refractivity contribution in [2.45, 2.75) is 38.0 Å². The Balaban J connectivity index is 1.57. The predicted molar refractivity (Wildman–Crippen MR) is 103 cm³/mol. The smallest absolute Gasteiger partial charge is 0.272 e. The number of fused-ring (bicyclic) bond motifs is 1. The Labute approximate surface area is 169 Å². The Hall–Kier alpha value is -3.19. The van der Waals surface area contributed by atoms with Crippen LogP contribution in [-0.4, -0.2) is 64.7 Å². The lowest BCUT2D eigenvalue weighted by Gasteiger charge is -2.16. The van der Waals surface area contributed by atoms with Crippen LogP contribution in [0.3, 0.4) is 0 Å². The number of hydrogen-bond acceptors (Lipinski definition) is 10. The first kappa shape index (κ1) is 20.1. The fourth-order valence-electron chi connectivity index (χ4n) is 3.50. The molecule has 158 valence electrons. The molecule has 0 spiro atoms. The molecule has 0 unspecified atom stereocenters. The molecule has 0 radical (unpaired) electrons.